The van der Waals surface area contributed by atoms with Crippen molar-refractivity contribution in [3.05, 3.63) is 145 Å². The zero-order valence-corrected chi connectivity index (χ0v) is 33.6. The number of unbranched alkanes of at least 4 members (excludes halogenated alkanes) is 2. The van der Waals surface area contributed by atoms with Crippen LogP contribution in [0.25, 0.3) is 0 Å². The van der Waals surface area contributed by atoms with Gasteiger partial charge in [0.15, 0.2) is 0 Å². The molecule has 0 spiro atoms. The minimum Gasteiger partial charge on any atom is -0.494 e. The van der Waals surface area contributed by atoms with Gasteiger partial charge in [-0.2, -0.15) is 0 Å². The summed E-state index contributed by atoms with van der Waals surface area (Å²) in [5.74, 6) is -2.40. The van der Waals surface area contributed by atoms with Crippen molar-refractivity contribution in [2.75, 3.05) is 39.6 Å². The number of benzene rings is 4. The number of hydrogen-bond acceptors (Lipinski definition) is 16. The minimum absolute atomic E-state index is 0.0649. The van der Waals surface area contributed by atoms with E-state index in [0.717, 1.165) is 12.2 Å². The highest BCUT2D eigenvalue weighted by Crippen LogP contribution is 2.22. The van der Waals surface area contributed by atoms with Gasteiger partial charge in [-0.05, 0) is 123 Å². The molecule has 0 N–H and O–H groups in total. The van der Waals surface area contributed by atoms with Gasteiger partial charge >= 0.3 is 35.8 Å². The zero-order valence-electron chi connectivity index (χ0n) is 33.6. The molecule has 4 aromatic rings. The van der Waals surface area contributed by atoms with Gasteiger partial charge in [0.1, 0.15) is 23.0 Å². The lowest BCUT2D eigenvalue weighted by molar-refractivity contribution is -0.288. The highest BCUT2D eigenvalue weighted by atomic mass is 16.8. The molecule has 4 aromatic carbocycles. The van der Waals surface area contributed by atoms with Crippen molar-refractivity contribution in [2.24, 2.45) is 0 Å². The second-order valence-corrected chi connectivity index (χ2v) is 13.0. The van der Waals surface area contributed by atoms with Crippen molar-refractivity contribution in [1.29, 1.82) is 0 Å². The molecule has 1 aliphatic heterocycles. The van der Waals surface area contributed by atoms with E-state index in [1.165, 1.54) is 48.5 Å². The third kappa shape index (κ3) is 14.8. The average Bonchev–Trinajstić information content (AvgIpc) is 3.29. The van der Waals surface area contributed by atoms with Crippen LogP contribution < -0.4 is 18.9 Å². The summed E-state index contributed by atoms with van der Waals surface area (Å²) in [5.41, 5.74) is 0.730. The predicted octanol–water partition coefficient (Wildman–Crippen LogP) is 6.61. The van der Waals surface area contributed by atoms with Crippen LogP contribution in [-0.2, 0) is 38.0 Å². The molecule has 16 nitrogen and oxygen atoms in total. The number of esters is 6. The molecular formula is C46H44O16. The van der Waals surface area contributed by atoms with Crippen molar-refractivity contribution in [3.8, 4) is 23.0 Å². The zero-order chi connectivity index (χ0) is 44.1. The maximum Gasteiger partial charge on any atom is 0.343 e. The summed E-state index contributed by atoms with van der Waals surface area (Å²) in [6.07, 6.45) is 1.99. The van der Waals surface area contributed by atoms with Crippen molar-refractivity contribution >= 4 is 35.8 Å². The van der Waals surface area contributed by atoms with E-state index in [-0.39, 0.29) is 60.2 Å². The standard InChI is InChI=1S/C46H44O16/c1-3-39(47)55-27-7-5-25-53-35-17-9-31(10-18-35)41(49)59-37-21-13-33(14-22-37)43(51)61-45-46(58-30-29-57-45)62-44(52)34-15-23-38(24-16-34)60-42(50)32-11-19-36(20-12-32)54-26-6-8-28-56-40(48)4-2/h3-4,9-24,45-46H,1-2,5-8,25-30H2/t45-,46-/m0/s1. The smallest absolute Gasteiger partial charge is 0.343 e. The van der Waals surface area contributed by atoms with Crippen molar-refractivity contribution in [1.82, 2.24) is 0 Å². The molecular weight excluding hydrogens is 808 g/mol. The highest BCUT2D eigenvalue weighted by Gasteiger charge is 2.34. The molecule has 0 aliphatic carbocycles. The Kier molecular flexibility index (Phi) is 17.8. The van der Waals surface area contributed by atoms with Crippen LogP contribution in [-0.4, -0.2) is 88.0 Å². The first-order valence-corrected chi connectivity index (χ1v) is 19.5. The predicted molar refractivity (Wildman–Crippen MR) is 218 cm³/mol. The Morgan fingerprint density at radius 3 is 1.10 bits per heavy atom. The van der Waals surface area contributed by atoms with Gasteiger partial charge in [0.2, 0.25) is 0 Å². The lowest BCUT2D eigenvalue weighted by Crippen LogP contribution is -2.44. The van der Waals surface area contributed by atoms with E-state index < -0.39 is 48.4 Å². The Morgan fingerprint density at radius 1 is 0.452 bits per heavy atom. The molecule has 0 aromatic heterocycles. The van der Waals surface area contributed by atoms with Crippen LogP contribution in [0.2, 0.25) is 0 Å². The molecule has 62 heavy (non-hydrogen) atoms. The molecule has 1 fully saturated rings. The number of carbonyl (C=O) groups is 6. The van der Waals surface area contributed by atoms with Crippen LogP contribution >= 0.6 is 0 Å². The van der Waals surface area contributed by atoms with Crippen LogP contribution in [0.5, 0.6) is 23.0 Å². The van der Waals surface area contributed by atoms with Gasteiger partial charge in [-0.1, -0.05) is 13.2 Å². The maximum absolute atomic E-state index is 13.0. The number of hydrogen-bond donors (Lipinski definition) is 0. The molecule has 324 valence electrons. The third-order valence-corrected chi connectivity index (χ3v) is 8.53. The van der Waals surface area contributed by atoms with E-state index in [2.05, 4.69) is 13.2 Å². The largest absolute Gasteiger partial charge is 0.494 e. The molecule has 0 saturated carbocycles. The van der Waals surface area contributed by atoms with Crippen molar-refractivity contribution < 1.29 is 76.1 Å². The fourth-order valence-corrected chi connectivity index (χ4v) is 5.29. The van der Waals surface area contributed by atoms with Crippen LogP contribution in [0.4, 0.5) is 0 Å². The van der Waals surface area contributed by atoms with E-state index in [4.69, 9.17) is 47.4 Å². The Labute approximate surface area is 356 Å². The number of carbonyl (C=O) groups excluding carboxylic acids is 6. The summed E-state index contributed by atoms with van der Waals surface area (Å²) in [6, 6.07) is 24.0. The summed E-state index contributed by atoms with van der Waals surface area (Å²) in [7, 11) is 0. The molecule has 0 amide bonds. The molecule has 5 rings (SSSR count). The lowest BCUT2D eigenvalue weighted by atomic mass is 10.2. The Morgan fingerprint density at radius 2 is 0.758 bits per heavy atom. The quantitative estimate of drug-likeness (QED) is 0.0269. The Hall–Kier alpha value is -7.30. The van der Waals surface area contributed by atoms with E-state index in [0.29, 0.717) is 50.4 Å². The highest BCUT2D eigenvalue weighted by molar-refractivity contribution is 5.93. The van der Waals surface area contributed by atoms with Gasteiger partial charge in [-0.3, -0.25) is 0 Å². The number of rotatable bonds is 22. The molecule has 1 saturated heterocycles. The van der Waals surface area contributed by atoms with Gasteiger partial charge in [0.25, 0.3) is 12.6 Å². The van der Waals surface area contributed by atoms with Crippen LogP contribution in [0, 0.1) is 0 Å². The van der Waals surface area contributed by atoms with Crippen molar-refractivity contribution in [2.45, 2.75) is 38.3 Å². The lowest BCUT2D eigenvalue weighted by Gasteiger charge is -2.30. The molecule has 16 heteroatoms. The van der Waals surface area contributed by atoms with Crippen LogP contribution in [0.15, 0.2) is 122 Å². The van der Waals surface area contributed by atoms with Crippen LogP contribution in [0.1, 0.15) is 67.1 Å². The molecule has 0 radical (unpaired) electrons. The molecule has 1 aliphatic rings. The first-order valence-electron chi connectivity index (χ1n) is 19.5. The summed E-state index contributed by atoms with van der Waals surface area (Å²) >= 11 is 0. The summed E-state index contributed by atoms with van der Waals surface area (Å²) < 4.78 is 54.0. The van der Waals surface area contributed by atoms with Gasteiger partial charge in [0, 0.05) is 12.2 Å². The first kappa shape index (κ1) is 45.8. The Bertz CT molecular complexity index is 1990. The summed E-state index contributed by atoms with van der Waals surface area (Å²) in [4.78, 5) is 73.6. The molecule has 1 heterocycles. The molecule has 0 unspecified atom stereocenters. The first-order chi connectivity index (χ1) is 30.1. The topological polar surface area (TPSA) is 195 Å². The van der Waals surface area contributed by atoms with Gasteiger partial charge in [-0.15, -0.1) is 0 Å². The minimum atomic E-state index is -1.39. The molecule has 0 bridgehead atoms. The monoisotopic (exact) mass is 852 g/mol. The summed E-state index contributed by atoms with van der Waals surface area (Å²) in [5, 5.41) is 0. The molecule has 2 atom stereocenters. The fraction of sp³-hybridized carbons (Fsp3) is 0.261. The SMILES string of the molecule is C=CC(=O)OCCCCOc1ccc(C(=O)Oc2ccc(C(=O)O[C@@H]3OCCO[C@H]3OC(=O)c3ccc(OC(=O)c4ccc(OCCCCOC(=O)C=C)cc4)cc3)cc2)cc1. The van der Waals surface area contributed by atoms with Crippen molar-refractivity contribution in [3.63, 3.8) is 0 Å². The van der Waals surface area contributed by atoms with E-state index in [9.17, 15) is 28.8 Å². The van der Waals surface area contributed by atoms with E-state index in [1.807, 2.05) is 0 Å². The van der Waals surface area contributed by atoms with Gasteiger partial charge < -0.3 is 47.4 Å². The second kappa shape index (κ2) is 24.1. The average molecular weight is 853 g/mol. The second-order valence-electron chi connectivity index (χ2n) is 13.0. The van der Waals surface area contributed by atoms with E-state index in [1.54, 1.807) is 48.5 Å². The van der Waals surface area contributed by atoms with Gasteiger partial charge in [0.05, 0.1) is 61.9 Å². The maximum atomic E-state index is 13.0. The third-order valence-electron chi connectivity index (χ3n) is 8.53. The van der Waals surface area contributed by atoms with E-state index >= 15 is 0 Å². The summed E-state index contributed by atoms with van der Waals surface area (Å²) in [6.45, 7) is 8.14. The Balaban J connectivity index is 1.03. The number of ether oxygens (including phenoxy) is 10. The normalized spacial score (nSPS) is 14.3. The fourth-order valence-electron chi connectivity index (χ4n) is 5.29. The van der Waals surface area contributed by atoms with Gasteiger partial charge in [-0.25, -0.2) is 28.8 Å². The van der Waals surface area contributed by atoms with Crippen LogP contribution in [0.3, 0.4) is 0 Å².